The number of amides is 3. The number of nitrogens with one attached hydrogen (secondary N) is 1. The molecule has 6 rings (SSSR count). The first-order valence-electron chi connectivity index (χ1n) is 14.0. The second-order valence-electron chi connectivity index (χ2n) is 11.5. The van der Waals surface area contributed by atoms with Crippen LogP contribution in [0.2, 0.25) is 0 Å². The average molecular weight is 547 g/mol. The molecule has 3 aromatic rings. The van der Waals surface area contributed by atoms with Crippen molar-refractivity contribution in [3.63, 3.8) is 0 Å². The number of pyridine rings is 1. The van der Waals surface area contributed by atoms with Crippen molar-refractivity contribution in [2.24, 2.45) is 7.05 Å². The van der Waals surface area contributed by atoms with Crippen molar-refractivity contribution < 1.29 is 18.7 Å². The lowest BCUT2D eigenvalue weighted by Crippen LogP contribution is -2.50. The third-order valence-corrected chi connectivity index (χ3v) is 8.44. The Hall–Kier alpha value is -3.79. The van der Waals surface area contributed by atoms with Crippen LogP contribution < -0.4 is 15.0 Å². The number of carbonyl (C=O) groups is 2. The lowest BCUT2D eigenvalue weighted by atomic mass is 9.96. The van der Waals surface area contributed by atoms with Gasteiger partial charge in [-0.1, -0.05) is 24.6 Å². The summed E-state index contributed by atoms with van der Waals surface area (Å²) in [6.07, 6.45) is 3.98. The van der Waals surface area contributed by atoms with Crippen LogP contribution in [-0.2, 0) is 30.5 Å². The average Bonchev–Trinajstić information content (AvgIpc) is 3.42. The van der Waals surface area contributed by atoms with Gasteiger partial charge in [0.25, 0.3) is 0 Å². The normalized spacial score (nSPS) is 22.8. The number of aromatic nitrogens is 3. The summed E-state index contributed by atoms with van der Waals surface area (Å²) < 4.78 is 22.0. The van der Waals surface area contributed by atoms with Crippen molar-refractivity contribution in [3.8, 4) is 17.3 Å². The number of urea groups is 1. The molecule has 2 aromatic heterocycles. The van der Waals surface area contributed by atoms with E-state index in [1.54, 1.807) is 6.20 Å². The Balaban J connectivity index is 1.17. The number of anilines is 1. The molecule has 1 aliphatic carbocycles. The number of alkyl halides is 1. The van der Waals surface area contributed by atoms with Crippen LogP contribution in [0.25, 0.3) is 11.5 Å². The zero-order valence-electron chi connectivity index (χ0n) is 23.2. The van der Waals surface area contributed by atoms with Crippen LogP contribution in [-0.4, -0.2) is 50.2 Å². The topological polar surface area (TPSA) is 92.6 Å². The number of hydrogen-bond donors (Lipinski definition) is 1. The quantitative estimate of drug-likeness (QED) is 0.476. The molecule has 1 saturated carbocycles. The molecular weight excluding hydrogens is 511 g/mol. The summed E-state index contributed by atoms with van der Waals surface area (Å²) >= 11 is 0. The number of carbonyl (C=O) groups excluding carboxylic acids is 2. The number of ether oxygens (including phenoxy) is 1. The highest BCUT2D eigenvalue weighted by molar-refractivity contribution is 6.05. The van der Waals surface area contributed by atoms with Gasteiger partial charge < -0.3 is 9.30 Å². The minimum Gasteiger partial charge on any atom is -0.487 e. The minimum atomic E-state index is -0.887. The van der Waals surface area contributed by atoms with Gasteiger partial charge in [-0.3, -0.25) is 19.9 Å². The highest BCUT2D eigenvalue weighted by atomic mass is 19.1. The summed E-state index contributed by atoms with van der Waals surface area (Å²) in [4.78, 5) is 37.5. The van der Waals surface area contributed by atoms with E-state index in [1.807, 2.05) is 29.8 Å². The van der Waals surface area contributed by atoms with Crippen LogP contribution in [0.4, 0.5) is 15.0 Å². The molecule has 2 aliphatic heterocycles. The molecule has 4 heterocycles. The highest BCUT2D eigenvalue weighted by Gasteiger charge is 2.39. The summed E-state index contributed by atoms with van der Waals surface area (Å²) in [7, 11) is 1.85. The first kappa shape index (κ1) is 26.4. The third kappa shape index (κ3) is 4.85. The summed E-state index contributed by atoms with van der Waals surface area (Å²) in [6.45, 7) is 6.18. The van der Waals surface area contributed by atoms with Gasteiger partial charge in [-0.05, 0) is 62.4 Å². The van der Waals surface area contributed by atoms with Crippen molar-refractivity contribution in [3.05, 3.63) is 59.4 Å². The Kier molecular flexibility index (Phi) is 6.82. The van der Waals surface area contributed by atoms with Gasteiger partial charge in [0.2, 0.25) is 5.91 Å². The van der Waals surface area contributed by atoms with Gasteiger partial charge in [-0.25, -0.2) is 19.2 Å². The minimum absolute atomic E-state index is 0.252. The molecule has 210 valence electrons. The molecule has 3 amide bonds. The maximum atomic E-state index is 14.2. The fourth-order valence-corrected chi connectivity index (χ4v) is 6.00. The number of imide groups is 1. The van der Waals surface area contributed by atoms with Crippen LogP contribution in [0.5, 0.6) is 5.75 Å². The molecule has 0 unspecified atom stereocenters. The molecule has 0 radical (unpaired) electrons. The largest absolute Gasteiger partial charge is 0.487 e. The Labute approximate surface area is 233 Å². The van der Waals surface area contributed by atoms with Gasteiger partial charge in [-0.15, -0.1) is 0 Å². The molecule has 10 heteroatoms. The molecule has 1 saturated heterocycles. The van der Waals surface area contributed by atoms with Crippen LogP contribution >= 0.6 is 0 Å². The lowest BCUT2D eigenvalue weighted by Gasteiger charge is -2.32. The first-order chi connectivity index (χ1) is 19.2. The molecule has 9 nitrogen and oxygen atoms in total. The van der Waals surface area contributed by atoms with E-state index < -0.39 is 12.2 Å². The third-order valence-electron chi connectivity index (χ3n) is 8.44. The van der Waals surface area contributed by atoms with E-state index in [0.29, 0.717) is 24.6 Å². The fraction of sp³-hybridized carbons (Fsp3) is 0.467. The first-order valence-corrected chi connectivity index (χ1v) is 14.0. The Morgan fingerprint density at radius 3 is 2.62 bits per heavy atom. The number of fused-ring (bicyclic) bond motifs is 1. The Morgan fingerprint density at radius 2 is 1.88 bits per heavy atom. The standard InChI is InChI=1S/C30H35FN6O3/c1-30(2)27-20(18-36(30)17-19-8-11-21(12-9-19)40-24-7-5-4-6-22(24)31)10-13-23(33-27)28-32-16-26(35(28)3)37-15-14-25(38)34-29(37)39/h8-13,16,22,24H,4-7,14-15,17-18H2,1-3H3,(H,34,38,39)/t22-,24-/m1/s1. The summed E-state index contributed by atoms with van der Waals surface area (Å²) in [5.41, 5.74) is 3.74. The van der Waals surface area contributed by atoms with Crippen LogP contribution in [0.15, 0.2) is 42.6 Å². The van der Waals surface area contributed by atoms with Gasteiger partial charge in [-0.2, -0.15) is 0 Å². The monoisotopic (exact) mass is 546 g/mol. The van der Waals surface area contributed by atoms with Gasteiger partial charge in [0, 0.05) is 33.1 Å². The summed E-state index contributed by atoms with van der Waals surface area (Å²) in [6, 6.07) is 11.6. The predicted molar refractivity (Wildman–Crippen MR) is 148 cm³/mol. The van der Waals surface area contributed by atoms with Gasteiger partial charge in [0.1, 0.15) is 29.5 Å². The number of rotatable bonds is 6. The summed E-state index contributed by atoms with van der Waals surface area (Å²) in [5.74, 6) is 1.72. The van der Waals surface area contributed by atoms with Crippen LogP contribution in [0.1, 0.15) is 62.8 Å². The van der Waals surface area contributed by atoms with Crippen molar-refractivity contribution in [2.75, 3.05) is 11.4 Å². The van der Waals surface area contributed by atoms with Crippen molar-refractivity contribution >= 4 is 17.8 Å². The smallest absolute Gasteiger partial charge is 0.329 e. The van der Waals surface area contributed by atoms with E-state index in [4.69, 9.17) is 9.72 Å². The SMILES string of the molecule is Cn1c(N2CCC(=O)NC2=O)cnc1-c1ccc2c(n1)C(C)(C)N(Cc1ccc(O[C@@H]3CCCC[C@H]3F)cc1)C2. The molecule has 2 fully saturated rings. The maximum absolute atomic E-state index is 14.2. The Morgan fingerprint density at radius 1 is 1.10 bits per heavy atom. The van der Waals surface area contributed by atoms with E-state index >= 15 is 0 Å². The molecule has 0 spiro atoms. The van der Waals surface area contributed by atoms with Gasteiger partial charge in [0.05, 0.1) is 17.4 Å². The second kappa shape index (κ2) is 10.3. The fourth-order valence-electron chi connectivity index (χ4n) is 6.00. The van der Waals surface area contributed by atoms with E-state index in [-0.39, 0.29) is 24.0 Å². The maximum Gasteiger partial charge on any atom is 0.329 e. The van der Waals surface area contributed by atoms with Crippen LogP contribution in [0.3, 0.4) is 0 Å². The van der Waals surface area contributed by atoms with Crippen molar-refractivity contribution in [1.82, 2.24) is 24.8 Å². The van der Waals surface area contributed by atoms with Gasteiger partial charge in [0.15, 0.2) is 5.82 Å². The summed E-state index contributed by atoms with van der Waals surface area (Å²) in [5, 5.41) is 2.36. The number of halogens is 1. The number of hydrogen-bond acceptors (Lipinski definition) is 6. The van der Waals surface area contributed by atoms with Crippen molar-refractivity contribution in [2.45, 2.75) is 76.9 Å². The molecule has 1 aromatic carbocycles. The van der Waals surface area contributed by atoms with Gasteiger partial charge >= 0.3 is 6.03 Å². The molecule has 0 bridgehead atoms. The lowest BCUT2D eigenvalue weighted by molar-refractivity contribution is -0.120. The number of benzene rings is 1. The Bertz CT molecular complexity index is 1440. The predicted octanol–water partition coefficient (Wildman–Crippen LogP) is 4.84. The van der Waals surface area contributed by atoms with E-state index in [2.05, 4.69) is 47.2 Å². The second-order valence-corrected chi connectivity index (χ2v) is 11.5. The molecule has 2 atom stereocenters. The molecular formula is C30H35FN6O3. The van der Waals surface area contributed by atoms with E-state index in [9.17, 15) is 14.0 Å². The number of nitrogens with zero attached hydrogens (tertiary/aromatic N) is 5. The zero-order valence-corrected chi connectivity index (χ0v) is 23.2. The molecule has 1 N–H and O–H groups in total. The highest BCUT2D eigenvalue weighted by Crippen LogP contribution is 2.40. The number of imidazole rings is 1. The van der Waals surface area contributed by atoms with E-state index in [1.165, 1.54) is 10.5 Å². The molecule has 40 heavy (non-hydrogen) atoms. The zero-order chi connectivity index (χ0) is 28.0. The van der Waals surface area contributed by atoms with Crippen molar-refractivity contribution in [1.29, 1.82) is 0 Å². The molecule has 3 aliphatic rings. The van der Waals surface area contributed by atoms with Crippen LogP contribution in [0, 0.1) is 0 Å². The van der Waals surface area contributed by atoms with E-state index in [0.717, 1.165) is 55.1 Å².